The Morgan fingerprint density at radius 2 is 1.84 bits per heavy atom. The number of esters is 1. The minimum Gasteiger partial charge on any atom is -0.452 e. The maximum atomic E-state index is 12.8. The molecule has 1 heterocycles. The molecule has 4 heteroatoms. The highest BCUT2D eigenvalue weighted by Gasteiger charge is 2.34. The minimum absolute atomic E-state index is 0.0724. The van der Waals surface area contributed by atoms with E-state index in [1.807, 2.05) is 62.4 Å². The van der Waals surface area contributed by atoms with Crippen molar-refractivity contribution < 1.29 is 14.3 Å². The number of hydrogen-bond acceptors (Lipinski definition) is 3. The maximum Gasteiger partial charge on any atom is 0.311 e. The number of para-hydroxylation sites is 1. The summed E-state index contributed by atoms with van der Waals surface area (Å²) in [6, 6.07) is 15.7. The van der Waals surface area contributed by atoms with E-state index in [4.69, 9.17) is 4.74 Å². The molecule has 2 aromatic rings. The van der Waals surface area contributed by atoms with E-state index in [9.17, 15) is 9.59 Å². The van der Waals surface area contributed by atoms with Gasteiger partial charge >= 0.3 is 5.97 Å². The molecule has 4 nitrogen and oxygen atoms in total. The zero-order chi connectivity index (χ0) is 18.0. The number of hydrogen-bond donors (Lipinski definition) is 0. The van der Waals surface area contributed by atoms with Crippen molar-refractivity contribution in [1.82, 2.24) is 0 Å². The molecule has 0 N–H and O–H groups in total. The van der Waals surface area contributed by atoms with E-state index in [1.54, 1.807) is 11.8 Å². The molecule has 0 radical (unpaired) electrons. The van der Waals surface area contributed by atoms with E-state index in [2.05, 4.69) is 0 Å². The molecule has 2 atom stereocenters. The molecular formula is C21H23NO3. The van der Waals surface area contributed by atoms with E-state index in [0.717, 1.165) is 28.8 Å². The van der Waals surface area contributed by atoms with Crippen LogP contribution in [-0.4, -0.2) is 24.0 Å². The zero-order valence-corrected chi connectivity index (χ0v) is 14.9. The van der Waals surface area contributed by atoms with Crippen LogP contribution in [0.15, 0.2) is 48.5 Å². The van der Waals surface area contributed by atoms with Crippen molar-refractivity contribution in [2.45, 2.75) is 45.8 Å². The van der Waals surface area contributed by atoms with Gasteiger partial charge in [-0.15, -0.1) is 0 Å². The molecular weight excluding hydrogens is 314 g/mol. The topological polar surface area (TPSA) is 46.6 Å². The van der Waals surface area contributed by atoms with Crippen LogP contribution in [-0.2, 0) is 27.2 Å². The number of carbonyl (C=O) groups is 2. The monoisotopic (exact) mass is 337 g/mol. The number of carbonyl (C=O) groups excluding carboxylic acids is 2. The predicted octanol–water partition coefficient (Wildman–Crippen LogP) is 3.45. The van der Waals surface area contributed by atoms with Crippen LogP contribution in [0.25, 0.3) is 0 Å². The van der Waals surface area contributed by atoms with E-state index >= 15 is 0 Å². The fourth-order valence-electron chi connectivity index (χ4n) is 3.26. The normalized spacial score (nSPS) is 17.1. The number of amides is 1. The second kappa shape index (κ2) is 7.09. The molecule has 0 bridgehead atoms. The fraction of sp³-hybridized carbons (Fsp3) is 0.333. The van der Waals surface area contributed by atoms with Gasteiger partial charge in [-0.2, -0.15) is 0 Å². The van der Waals surface area contributed by atoms with Crippen molar-refractivity contribution in [2.24, 2.45) is 0 Å². The zero-order valence-electron chi connectivity index (χ0n) is 14.9. The lowest BCUT2D eigenvalue weighted by Crippen LogP contribution is -2.43. The summed E-state index contributed by atoms with van der Waals surface area (Å²) in [5.74, 6) is -0.556. The lowest BCUT2D eigenvalue weighted by atomic mass is 10.1. The Morgan fingerprint density at radius 1 is 1.16 bits per heavy atom. The Bertz CT molecular complexity index is 782. The molecule has 0 fully saturated rings. The van der Waals surface area contributed by atoms with Crippen LogP contribution in [0, 0.1) is 6.92 Å². The van der Waals surface area contributed by atoms with Crippen molar-refractivity contribution in [3.05, 3.63) is 65.2 Å². The standard InChI is InChI=1S/C21H23NO3/c1-14-8-10-17(11-9-14)13-20(23)25-16(3)21(24)22-15(2)12-18-6-4-5-7-19(18)22/h4-11,15-16H,12-13H2,1-3H3/t15-,16+/m0/s1. The van der Waals surface area contributed by atoms with Crippen molar-refractivity contribution in [1.29, 1.82) is 0 Å². The Labute approximate surface area is 148 Å². The molecule has 0 aliphatic carbocycles. The number of benzene rings is 2. The van der Waals surface area contributed by atoms with E-state index < -0.39 is 6.10 Å². The molecule has 1 aliphatic heterocycles. The van der Waals surface area contributed by atoms with Gasteiger partial charge in [-0.1, -0.05) is 48.0 Å². The van der Waals surface area contributed by atoms with Crippen LogP contribution < -0.4 is 4.90 Å². The van der Waals surface area contributed by atoms with Crippen molar-refractivity contribution in [3.8, 4) is 0 Å². The van der Waals surface area contributed by atoms with Gasteiger partial charge in [-0.25, -0.2) is 0 Å². The molecule has 0 aromatic heterocycles. The summed E-state index contributed by atoms with van der Waals surface area (Å²) in [6.45, 7) is 5.65. The SMILES string of the molecule is Cc1ccc(CC(=O)O[C@H](C)C(=O)N2c3ccccc3C[C@@H]2C)cc1. The van der Waals surface area contributed by atoms with Crippen molar-refractivity contribution in [2.75, 3.05) is 4.90 Å². The number of anilines is 1. The van der Waals surface area contributed by atoms with Crippen LogP contribution in [0.3, 0.4) is 0 Å². The molecule has 0 saturated heterocycles. The summed E-state index contributed by atoms with van der Waals surface area (Å²) in [5.41, 5.74) is 4.10. The molecule has 25 heavy (non-hydrogen) atoms. The van der Waals surface area contributed by atoms with Crippen LogP contribution in [0.5, 0.6) is 0 Å². The van der Waals surface area contributed by atoms with Gasteiger partial charge in [0.05, 0.1) is 6.42 Å². The number of ether oxygens (including phenoxy) is 1. The van der Waals surface area contributed by atoms with Crippen LogP contribution in [0.1, 0.15) is 30.5 Å². The first-order valence-corrected chi connectivity index (χ1v) is 8.61. The minimum atomic E-state index is -0.799. The largest absolute Gasteiger partial charge is 0.452 e. The van der Waals surface area contributed by atoms with E-state index in [1.165, 1.54) is 0 Å². The Morgan fingerprint density at radius 3 is 2.56 bits per heavy atom. The second-order valence-corrected chi connectivity index (χ2v) is 6.68. The van der Waals surface area contributed by atoms with Gasteiger partial charge in [0.1, 0.15) is 0 Å². The van der Waals surface area contributed by atoms with Gasteiger partial charge in [0.15, 0.2) is 6.10 Å². The Kier molecular flexibility index (Phi) is 4.88. The van der Waals surface area contributed by atoms with Gasteiger partial charge < -0.3 is 9.64 Å². The first-order valence-electron chi connectivity index (χ1n) is 8.61. The van der Waals surface area contributed by atoms with Gasteiger partial charge in [-0.3, -0.25) is 9.59 Å². The van der Waals surface area contributed by atoms with Crippen LogP contribution >= 0.6 is 0 Å². The first kappa shape index (κ1) is 17.2. The third-order valence-corrected chi connectivity index (χ3v) is 4.57. The molecule has 3 rings (SSSR count). The molecule has 130 valence electrons. The van der Waals surface area contributed by atoms with Crippen molar-refractivity contribution >= 4 is 17.6 Å². The Balaban J connectivity index is 1.64. The number of nitrogens with zero attached hydrogens (tertiary/aromatic N) is 1. The van der Waals surface area contributed by atoms with Crippen molar-refractivity contribution in [3.63, 3.8) is 0 Å². The number of rotatable bonds is 4. The highest BCUT2D eigenvalue weighted by atomic mass is 16.5. The van der Waals surface area contributed by atoms with Gasteiger partial charge in [0, 0.05) is 11.7 Å². The molecule has 0 unspecified atom stereocenters. The van der Waals surface area contributed by atoms with Gasteiger partial charge in [0.2, 0.25) is 0 Å². The molecule has 1 aliphatic rings. The van der Waals surface area contributed by atoms with E-state index in [0.29, 0.717) is 0 Å². The fourth-order valence-corrected chi connectivity index (χ4v) is 3.26. The average Bonchev–Trinajstić information content (AvgIpc) is 2.91. The third-order valence-electron chi connectivity index (χ3n) is 4.57. The first-order chi connectivity index (χ1) is 12.0. The summed E-state index contributed by atoms with van der Waals surface area (Å²) < 4.78 is 5.39. The predicted molar refractivity (Wildman–Crippen MR) is 97.5 cm³/mol. The smallest absolute Gasteiger partial charge is 0.311 e. The number of fused-ring (bicyclic) bond motifs is 1. The summed E-state index contributed by atoms with van der Waals surface area (Å²) in [7, 11) is 0. The Hall–Kier alpha value is -2.62. The number of aryl methyl sites for hydroxylation is 1. The molecule has 1 amide bonds. The second-order valence-electron chi connectivity index (χ2n) is 6.68. The van der Waals surface area contributed by atoms with Crippen LogP contribution in [0.4, 0.5) is 5.69 Å². The van der Waals surface area contributed by atoms with E-state index in [-0.39, 0.29) is 24.3 Å². The lowest BCUT2D eigenvalue weighted by Gasteiger charge is -2.26. The van der Waals surface area contributed by atoms with Gasteiger partial charge in [-0.05, 0) is 44.4 Å². The summed E-state index contributed by atoms with van der Waals surface area (Å²) in [5, 5.41) is 0. The summed E-state index contributed by atoms with van der Waals surface area (Å²) >= 11 is 0. The molecule has 0 saturated carbocycles. The molecule has 2 aromatic carbocycles. The summed E-state index contributed by atoms with van der Waals surface area (Å²) in [4.78, 5) is 26.7. The average molecular weight is 337 g/mol. The third kappa shape index (κ3) is 3.73. The van der Waals surface area contributed by atoms with Crippen LogP contribution in [0.2, 0.25) is 0 Å². The highest BCUT2D eigenvalue weighted by Crippen LogP contribution is 2.32. The highest BCUT2D eigenvalue weighted by molar-refractivity contribution is 5.99. The lowest BCUT2D eigenvalue weighted by molar-refractivity contribution is -0.153. The quantitative estimate of drug-likeness (QED) is 0.803. The molecule has 0 spiro atoms. The van der Waals surface area contributed by atoms with Gasteiger partial charge in [0.25, 0.3) is 5.91 Å². The maximum absolute atomic E-state index is 12.8. The summed E-state index contributed by atoms with van der Waals surface area (Å²) in [6.07, 6.45) is 0.197.